The molecule has 2 heterocycles. The highest BCUT2D eigenvalue weighted by atomic mass is 127. The van der Waals surface area contributed by atoms with E-state index in [-0.39, 0.29) is 24.0 Å². The average Bonchev–Trinajstić information content (AvgIpc) is 3.23. The number of guanidine groups is 1. The monoisotopic (exact) mass is 468 g/mol. The SMILES string of the molecule is CCNC(=NCc1cnn(C)c1)NC1CCN(c2ccc(C)cc2)C1.I. The highest BCUT2D eigenvalue weighted by molar-refractivity contribution is 14.0. The largest absolute Gasteiger partial charge is 0.369 e. The van der Waals surface area contributed by atoms with Gasteiger partial charge in [-0.1, -0.05) is 17.7 Å². The van der Waals surface area contributed by atoms with Crippen LogP contribution in [-0.4, -0.2) is 41.4 Å². The Morgan fingerprint density at radius 3 is 2.73 bits per heavy atom. The van der Waals surface area contributed by atoms with E-state index in [0.29, 0.717) is 12.6 Å². The van der Waals surface area contributed by atoms with E-state index in [1.807, 2.05) is 24.1 Å². The Hall–Kier alpha value is -1.77. The van der Waals surface area contributed by atoms with Crippen molar-refractivity contribution >= 4 is 35.6 Å². The number of hydrogen-bond acceptors (Lipinski definition) is 3. The number of hydrogen-bond donors (Lipinski definition) is 2. The fourth-order valence-electron chi connectivity index (χ4n) is 3.11. The lowest BCUT2D eigenvalue weighted by molar-refractivity contribution is 0.649. The lowest BCUT2D eigenvalue weighted by Crippen LogP contribution is -2.44. The molecule has 0 saturated carbocycles. The zero-order valence-corrected chi connectivity index (χ0v) is 18.1. The standard InChI is InChI=1S/C19H28N6.HI/c1-4-20-19(21-11-16-12-22-24(3)13-16)23-17-9-10-25(14-17)18-7-5-15(2)6-8-18;/h5-8,12-13,17H,4,9-11,14H2,1-3H3,(H2,20,21,23);1H. The molecule has 7 heteroatoms. The molecule has 6 nitrogen and oxygen atoms in total. The second-order valence-corrected chi connectivity index (χ2v) is 6.63. The maximum absolute atomic E-state index is 4.69. The molecule has 0 amide bonds. The molecular formula is C19H29IN6. The summed E-state index contributed by atoms with van der Waals surface area (Å²) in [6, 6.07) is 9.18. The van der Waals surface area contributed by atoms with Crippen LogP contribution in [0.2, 0.25) is 0 Å². The lowest BCUT2D eigenvalue weighted by Gasteiger charge is -2.20. The zero-order chi connectivity index (χ0) is 17.6. The maximum Gasteiger partial charge on any atom is 0.191 e. The van der Waals surface area contributed by atoms with Gasteiger partial charge in [0.15, 0.2) is 5.96 Å². The van der Waals surface area contributed by atoms with Crippen molar-refractivity contribution in [3.05, 3.63) is 47.8 Å². The number of nitrogens with one attached hydrogen (secondary N) is 2. The quantitative estimate of drug-likeness (QED) is 0.403. The van der Waals surface area contributed by atoms with Gasteiger partial charge in [0.2, 0.25) is 0 Å². The minimum Gasteiger partial charge on any atom is -0.369 e. The van der Waals surface area contributed by atoms with Crippen LogP contribution in [0.15, 0.2) is 41.7 Å². The summed E-state index contributed by atoms with van der Waals surface area (Å²) in [5, 5.41) is 11.1. The molecule has 3 rings (SSSR count). The Bertz CT molecular complexity index is 709. The summed E-state index contributed by atoms with van der Waals surface area (Å²) in [6.45, 7) is 7.78. The molecule has 1 fully saturated rings. The van der Waals surface area contributed by atoms with Crippen molar-refractivity contribution in [1.29, 1.82) is 0 Å². The molecule has 1 saturated heterocycles. The number of rotatable bonds is 5. The predicted molar refractivity (Wildman–Crippen MR) is 118 cm³/mol. The summed E-state index contributed by atoms with van der Waals surface area (Å²) in [7, 11) is 1.93. The van der Waals surface area contributed by atoms with Gasteiger partial charge in [-0.05, 0) is 32.4 Å². The van der Waals surface area contributed by atoms with E-state index in [1.165, 1.54) is 11.3 Å². The van der Waals surface area contributed by atoms with Gasteiger partial charge in [-0.25, -0.2) is 4.99 Å². The highest BCUT2D eigenvalue weighted by Gasteiger charge is 2.23. The topological polar surface area (TPSA) is 57.5 Å². The summed E-state index contributed by atoms with van der Waals surface area (Å²) in [4.78, 5) is 7.12. The number of aromatic nitrogens is 2. The van der Waals surface area contributed by atoms with E-state index < -0.39 is 0 Å². The van der Waals surface area contributed by atoms with E-state index in [1.54, 1.807) is 0 Å². The van der Waals surface area contributed by atoms with Crippen LogP contribution in [0.1, 0.15) is 24.5 Å². The van der Waals surface area contributed by atoms with Gasteiger partial charge in [0.05, 0.1) is 12.7 Å². The molecular weight excluding hydrogens is 439 g/mol. The Morgan fingerprint density at radius 2 is 2.08 bits per heavy atom. The molecule has 26 heavy (non-hydrogen) atoms. The molecule has 1 unspecified atom stereocenters. The molecule has 1 aliphatic rings. The Labute approximate surface area is 173 Å². The van der Waals surface area contributed by atoms with Gasteiger partial charge in [0.1, 0.15) is 0 Å². The molecule has 2 aromatic rings. The number of nitrogens with zero attached hydrogens (tertiary/aromatic N) is 4. The van der Waals surface area contributed by atoms with Gasteiger partial charge < -0.3 is 15.5 Å². The summed E-state index contributed by atoms with van der Waals surface area (Å²) in [6.07, 6.45) is 4.98. The predicted octanol–water partition coefficient (Wildman–Crippen LogP) is 2.68. The molecule has 1 aromatic carbocycles. The van der Waals surface area contributed by atoms with Crippen LogP contribution in [0.3, 0.4) is 0 Å². The molecule has 1 aromatic heterocycles. The normalized spacial score (nSPS) is 17.1. The summed E-state index contributed by atoms with van der Waals surface area (Å²) >= 11 is 0. The van der Waals surface area contributed by atoms with Crippen molar-refractivity contribution < 1.29 is 0 Å². The third kappa shape index (κ3) is 5.62. The number of aryl methyl sites for hydroxylation is 2. The third-order valence-corrected chi connectivity index (χ3v) is 4.45. The second-order valence-electron chi connectivity index (χ2n) is 6.63. The first-order valence-corrected chi connectivity index (χ1v) is 8.98. The Kier molecular flexibility index (Phi) is 7.74. The highest BCUT2D eigenvalue weighted by Crippen LogP contribution is 2.20. The number of benzene rings is 1. The van der Waals surface area contributed by atoms with E-state index in [0.717, 1.165) is 37.6 Å². The molecule has 0 radical (unpaired) electrons. The molecule has 0 bridgehead atoms. The fourth-order valence-corrected chi connectivity index (χ4v) is 3.11. The summed E-state index contributed by atoms with van der Waals surface area (Å²) in [5.74, 6) is 0.877. The summed E-state index contributed by atoms with van der Waals surface area (Å²) in [5.41, 5.74) is 3.72. The molecule has 1 aliphatic heterocycles. The van der Waals surface area contributed by atoms with Gasteiger partial charge in [-0.3, -0.25) is 4.68 Å². The first kappa shape index (κ1) is 20.5. The van der Waals surface area contributed by atoms with Crippen LogP contribution in [0.25, 0.3) is 0 Å². The van der Waals surface area contributed by atoms with Crippen molar-refractivity contribution in [1.82, 2.24) is 20.4 Å². The van der Waals surface area contributed by atoms with Gasteiger partial charge in [0.25, 0.3) is 0 Å². The maximum atomic E-state index is 4.69. The van der Waals surface area contributed by atoms with E-state index >= 15 is 0 Å². The van der Waals surface area contributed by atoms with E-state index in [9.17, 15) is 0 Å². The van der Waals surface area contributed by atoms with Gasteiger partial charge >= 0.3 is 0 Å². The van der Waals surface area contributed by atoms with Crippen LogP contribution in [0.5, 0.6) is 0 Å². The van der Waals surface area contributed by atoms with E-state index in [4.69, 9.17) is 4.99 Å². The minimum absolute atomic E-state index is 0. The van der Waals surface area contributed by atoms with E-state index in [2.05, 4.69) is 58.7 Å². The number of anilines is 1. The zero-order valence-electron chi connectivity index (χ0n) is 15.8. The van der Waals surface area contributed by atoms with Crippen molar-refractivity contribution in [2.24, 2.45) is 12.0 Å². The molecule has 2 N–H and O–H groups in total. The lowest BCUT2D eigenvalue weighted by atomic mass is 10.2. The average molecular weight is 468 g/mol. The second kappa shape index (κ2) is 9.80. The van der Waals surface area contributed by atoms with Crippen molar-refractivity contribution in [3.63, 3.8) is 0 Å². The van der Waals surface area contributed by atoms with Crippen LogP contribution in [0.4, 0.5) is 5.69 Å². The number of aliphatic imine (C=N–C) groups is 1. The molecule has 142 valence electrons. The smallest absolute Gasteiger partial charge is 0.191 e. The van der Waals surface area contributed by atoms with Crippen molar-refractivity contribution in [2.45, 2.75) is 32.9 Å². The Morgan fingerprint density at radius 1 is 1.31 bits per heavy atom. The van der Waals surface area contributed by atoms with Crippen LogP contribution < -0.4 is 15.5 Å². The van der Waals surface area contributed by atoms with Gasteiger partial charge in [0, 0.05) is 50.2 Å². The molecule has 0 aliphatic carbocycles. The van der Waals surface area contributed by atoms with Crippen molar-refractivity contribution in [3.8, 4) is 0 Å². The third-order valence-electron chi connectivity index (χ3n) is 4.45. The first-order valence-electron chi connectivity index (χ1n) is 8.98. The van der Waals surface area contributed by atoms with Gasteiger partial charge in [-0.2, -0.15) is 5.10 Å². The minimum atomic E-state index is 0. The van der Waals surface area contributed by atoms with Gasteiger partial charge in [-0.15, -0.1) is 24.0 Å². The van der Waals surface area contributed by atoms with Crippen LogP contribution >= 0.6 is 24.0 Å². The fraction of sp³-hybridized carbons (Fsp3) is 0.474. The Balaban J connectivity index is 0.00000243. The summed E-state index contributed by atoms with van der Waals surface area (Å²) < 4.78 is 1.81. The molecule has 0 spiro atoms. The van der Waals surface area contributed by atoms with Crippen LogP contribution in [-0.2, 0) is 13.6 Å². The van der Waals surface area contributed by atoms with Crippen LogP contribution in [0, 0.1) is 6.92 Å². The number of halogens is 1. The molecule has 1 atom stereocenters. The first-order chi connectivity index (χ1) is 12.1. The van der Waals surface area contributed by atoms with Crippen molar-refractivity contribution in [2.75, 3.05) is 24.5 Å².